The van der Waals surface area contributed by atoms with Crippen molar-refractivity contribution in [2.75, 3.05) is 26.3 Å². The molecular weight excluding hydrogens is 308 g/mol. The van der Waals surface area contributed by atoms with E-state index < -0.39 is 0 Å². The third-order valence-electron chi connectivity index (χ3n) is 3.20. The van der Waals surface area contributed by atoms with Crippen LogP contribution in [-0.2, 0) is 4.74 Å². The molecule has 0 spiro atoms. The number of hydrogen-bond donors (Lipinski definition) is 0. The Morgan fingerprint density at radius 3 is 2.79 bits per heavy atom. The monoisotopic (exact) mass is 320 g/mol. The molecular formula is C14H13BrN2O2. The summed E-state index contributed by atoms with van der Waals surface area (Å²) in [7, 11) is 0. The lowest BCUT2D eigenvalue weighted by molar-refractivity contribution is 0.0299. The molecule has 0 aliphatic carbocycles. The van der Waals surface area contributed by atoms with Gasteiger partial charge in [0, 0.05) is 29.1 Å². The van der Waals surface area contributed by atoms with E-state index in [-0.39, 0.29) is 5.91 Å². The second kappa shape index (κ2) is 5.27. The third-order valence-corrected chi connectivity index (χ3v) is 3.69. The summed E-state index contributed by atoms with van der Waals surface area (Å²) < 4.78 is 6.25. The Bertz CT molecular complexity index is 624. The molecule has 5 heteroatoms. The van der Waals surface area contributed by atoms with Crippen molar-refractivity contribution in [3.63, 3.8) is 0 Å². The lowest BCUT2D eigenvalue weighted by atomic mass is 10.1. The zero-order valence-electron chi connectivity index (χ0n) is 10.3. The largest absolute Gasteiger partial charge is 0.378 e. The number of morpholine rings is 1. The van der Waals surface area contributed by atoms with Gasteiger partial charge in [0.15, 0.2) is 0 Å². The van der Waals surface area contributed by atoms with Crippen LogP contribution >= 0.6 is 15.9 Å². The zero-order valence-corrected chi connectivity index (χ0v) is 11.9. The summed E-state index contributed by atoms with van der Waals surface area (Å²) in [5.74, 6) is -0.0230. The van der Waals surface area contributed by atoms with E-state index in [1.165, 1.54) is 0 Å². The lowest BCUT2D eigenvalue weighted by Gasteiger charge is -2.26. The standard InChI is InChI=1S/C14H13BrN2O2/c15-12-2-1-10-9-16-13(8-11(10)7-12)14(18)17-3-5-19-6-4-17/h1-2,7-9H,3-6H2. The maximum atomic E-state index is 12.3. The van der Waals surface area contributed by atoms with Gasteiger partial charge < -0.3 is 9.64 Å². The topological polar surface area (TPSA) is 42.4 Å². The molecule has 2 heterocycles. The minimum Gasteiger partial charge on any atom is -0.378 e. The van der Waals surface area contributed by atoms with Gasteiger partial charge in [-0.3, -0.25) is 9.78 Å². The van der Waals surface area contributed by atoms with Crippen LogP contribution in [0.2, 0.25) is 0 Å². The Hall–Kier alpha value is -1.46. The molecule has 0 unspecified atom stereocenters. The number of halogens is 1. The van der Waals surface area contributed by atoms with Crippen LogP contribution in [0.3, 0.4) is 0 Å². The van der Waals surface area contributed by atoms with Crippen LogP contribution in [0.15, 0.2) is 34.9 Å². The average molecular weight is 321 g/mol. The number of nitrogens with zero attached hydrogens (tertiary/aromatic N) is 2. The smallest absolute Gasteiger partial charge is 0.272 e. The fourth-order valence-electron chi connectivity index (χ4n) is 2.16. The first-order valence-corrected chi connectivity index (χ1v) is 6.96. The van der Waals surface area contributed by atoms with Gasteiger partial charge in [-0.1, -0.05) is 22.0 Å². The molecule has 3 rings (SSSR count). The van der Waals surface area contributed by atoms with Crippen molar-refractivity contribution in [2.24, 2.45) is 0 Å². The van der Waals surface area contributed by atoms with Crippen LogP contribution in [0.4, 0.5) is 0 Å². The van der Waals surface area contributed by atoms with Crippen LogP contribution < -0.4 is 0 Å². The quantitative estimate of drug-likeness (QED) is 0.810. The maximum absolute atomic E-state index is 12.3. The van der Waals surface area contributed by atoms with Gasteiger partial charge in [-0.2, -0.15) is 0 Å². The summed E-state index contributed by atoms with van der Waals surface area (Å²) in [4.78, 5) is 18.4. The highest BCUT2D eigenvalue weighted by atomic mass is 79.9. The fourth-order valence-corrected chi connectivity index (χ4v) is 2.54. The molecule has 1 saturated heterocycles. The van der Waals surface area contributed by atoms with Gasteiger partial charge >= 0.3 is 0 Å². The Kier molecular flexibility index (Phi) is 3.48. The molecule has 0 atom stereocenters. The molecule has 1 aromatic heterocycles. The molecule has 2 aromatic rings. The number of ether oxygens (including phenoxy) is 1. The van der Waals surface area contributed by atoms with Gasteiger partial charge in [0.25, 0.3) is 5.91 Å². The van der Waals surface area contributed by atoms with Crippen molar-refractivity contribution in [1.82, 2.24) is 9.88 Å². The van der Waals surface area contributed by atoms with Gasteiger partial charge in [0.05, 0.1) is 13.2 Å². The van der Waals surface area contributed by atoms with E-state index in [1.54, 1.807) is 11.1 Å². The Morgan fingerprint density at radius 1 is 1.21 bits per heavy atom. The van der Waals surface area contributed by atoms with E-state index >= 15 is 0 Å². The van der Waals surface area contributed by atoms with E-state index in [9.17, 15) is 4.79 Å². The molecule has 0 N–H and O–H groups in total. The molecule has 0 saturated carbocycles. The highest BCUT2D eigenvalue weighted by molar-refractivity contribution is 9.10. The molecule has 1 aliphatic rings. The molecule has 0 bridgehead atoms. The highest BCUT2D eigenvalue weighted by Crippen LogP contribution is 2.20. The third kappa shape index (κ3) is 2.62. The van der Waals surface area contributed by atoms with Crippen molar-refractivity contribution < 1.29 is 9.53 Å². The normalized spacial score (nSPS) is 15.7. The van der Waals surface area contributed by atoms with Crippen molar-refractivity contribution in [2.45, 2.75) is 0 Å². The van der Waals surface area contributed by atoms with Crippen LogP contribution in [-0.4, -0.2) is 42.1 Å². The first-order chi connectivity index (χ1) is 9.24. The van der Waals surface area contributed by atoms with Crippen LogP contribution in [0.25, 0.3) is 10.8 Å². The number of carbonyl (C=O) groups is 1. The number of rotatable bonds is 1. The SMILES string of the molecule is O=C(c1cc2cc(Br)ccc2cn1)N1CCOCC1. The first-order valence-electron chi connectivity index (χ1n) is 6.16. The number of hydrogen-bond acceptors (Lipinski definition) is 3. The van der Waals surface area contributed by atoms with E-state index in [4.69, 9.17) is 4.74 Å². The van der Waals surface area contributed by atoms with E-state index in [1.807, 2.05) is 24.3 Å². The molecule has 1 amide bonds. The minimum absolute atomic E-state index is 0.0230. The molecule has 98 valence electrons. The molecule has 19 heavy (non-hydrogen) atoms. The predicted octanol–water partition coefficient (Wildman–Crippen LogP) is 2.47. The van der Waals surface area contributed by atoms with E-state index in [2.05, 4.69) is 20.9 Å². The number of aromatic nitrogens is 1. The van der Waals surface area contributed by atoms with Crippen LogP contribution in [0.1, 0.15) is 10.5 Å². The van der Waals surface area contributed by atoms with Crippen molar-refractivity contribution in [1.29, 1.82) is 0 Å². The summed E-state index contributed by atoms with van der Waals surface area (Å²) in [6.45, 7) is 2.48. The summed E-state index contributed by atoms with van der Waals surface area (Å²) in [6.07, 6.45) is 1.75. The van der Waals surface area contributed by atoms with Crippen molar-refractivity contribution >= 4 is 32.6 Å². The fraction of sp³-hybridized carbons (Fsp3) is 0.286. The Morgan fingerprint density at radius 2 is 2.00 bits per heavy atom. The predicted molar refractivity (Wildman–Crippen MR) is 76.2 cm³/mol. The molecule has 1 aromatic carbocycles. The van der Waals surface area contributed by atoms with Crippen molar-refractivity contribution in [3.8, 4) is 0 Å². The highest BCUT2D eigenvalue weighted by Gasteiger charge is 2.19. The second-order valence-electron chi connectivity index (χ2n) is 4.47. The summed E-state index contributed by atoms with van der Waals surface area (Å²) in [5, 5.41) is 2.04. The number of amides is 1. The number of carbonyl (C=O) groups excluding carboxylic acids is 1. The second-order valence-corrected chi connectivity index (χ2v) is 5.38. The van der Waals surface area contributed by atoms with Crippen LogP contribution in [0.5, 0.6) is 0 Å². The average Bonchev–Trinajstić information content (AvgIpc) is 2.46. The molecule has 0 radical (unpaired) electrons. The lowest BCUT2D eigenvalue weighted by Crippen LogP contribution is -2.41. The van der Waals surface area contributed by atoms with E-state index in [0.29, 0.717) is 32.0 Å². The van der Waals surface area contributed by atoms with Gasteiger partial charge in [0.2, 0.25) is 0 Å². The Balaban J connectivity index is 1.93. The first kappa shape index (κ1) is 12.6. The van der Waals surface area contributed by atoms with Gasteiger partial charge in [-0.05, 0) is 23.6 Å². The molecule has 4 nitrogen and oxygen atoms in total. The summed E-state index contributed by atoms with van der Waals surface area (Å²) in [6, 6.07) is 7.79. The number of fused-ring (bicyclic) bond motifs is 1. The zero-order chi connectivity index (χ0) is 13.2. The van der Waals surface area contributed by atoms with Crippen LogP contribution in [0, 0.1) is 0 Å². The van der Waals surface area contributed by atoms with Crippen molar-refractivity contribution in [3.05, 3.63) is 40.6 Å². The van der Waals surface area contributed by atoms with E-state index in [0.717, 1.165) is 15.2 Å². The summed E-state index contributed by atoms with van der Waals surface area (Å²) >= 11 is 3.44. The maximum Gasteiger partial charge on any atom is 0.272 e. The van der Waals surface area contributed by atoms with Gasteiger partial charge in [-0.25, -0.2) is 0 Å². The van der Waals surface area contributed by atoms with Gasteiger partial charge in [-0.15, -0.1) is 0 Å². The number of pyridine rings is 1. The van der Waals surface area contributed by atoms with Gasteiger partial charge in [0.1, 0.15) is 5.69 Å². The molecule has 1 aliphatic heterocycles. The number of benzene rings is 1. The minimum atomic E-state index is -0.0230. The summed E-state index contributed by atoms with van der Waals surface area (Å²) in [5.41, 5.74) is 0.493. The molecule has 1 fully saturated rings. The Labute approximate surface area is 119 Å².